The predicted octanol–water partition coefficient (Wildman–Crippen LogP) is 5.64. The highest BCUT2D eigenvalue weighted by molar-refractivity contribution is 6.04. The second-order valence-electron chi connectivity index (χ2n) is 15.1. The molecule has 14 nitrogen and oxygen atoms in total. The van der Waals surface area contributed by atoms with Crippen LogP contribution in [-0.4, -0.2) is 109 Å². The Morgan fingerprint density at radius 3 is 2.15 bits per heavy atom. The first-order valence-corrected chi connectivity index (χ1v) is 21.9. The van der Waals surface area contributed by atoms with Gasteiger partial charge in [-0.3, -0.25) is 19.2 Å². The fourth-order valence-corrected chi connectivity index (χ4v) is 7.24. The molecule has 0 aromatic heterocycles. The zero-order valence-corrected chi connectivity index (χ0v) is 37.7. The predicted molar refractivity (Wildman–Crippen MR) is 246 cm³/mol. The summed E-state index contributed by atoms with van der Waals surface area (Å²) in [5.41, 5.74) is 7.05. The van der Waals surface area contributed by atoms with E-state index in [0.717, 1.165) is 76.2 Å². The lowest BCUT2D eigenvalue weighted by Gasteiger charge is -2.23. The molecule has 4 amide bonds. The number of amides is 4. The smallest absolute Gasteiger partial charge is 0.246 e. The lowest BCUT2D eigenvalue weighted by atomic mass is 9.90. The number of benzene rings is 3. The molecular weight excluding hydrogens is 789 g/mol. The molecule has 4 N–H and O–H groups in total. The summed E-state index contributed by atoms with van der Waals surface area (Å²) in [4.78, 5) is 51.7. The van der Waals surface area contributed by atoms with Gasteiger partial charge in [-0.2, -0.15) is 0 Å². The normalized spacial score (nSPS) is 11.6. The fourth-order valence-electron chi connectivity index (χ4n) is 7.24. The van der Waals surface area contributed by atoms with E-state index in [-0.39, 0.29) is 36.8 Å². The highest BCUT2D eigenvalue weighted by Crippen LogP contribution is 2.42. The zero-order chi connectivity index (χ0) is 45.0. The molecule has 0 radical (unpaired) electrons. The third kappa shape index (κ3) is 14.5. The summed E-state index contributed by atoms with van der Waals surface area (Å²) in [5.74, 6) is -0.261. The lowest BCUT2D eigenvalue weighted by molar-refractivity contribution is -0.126. The van der Waals surface area contributed by atoms with Crippen LogP contribution in [0.5, 0.6) is 0 Å². The zero-order valence-electron chi connectivity index (χ0n) is 37.7. The van der Waals surface area contributed by atoms with E-state index in [1.54, 1.807) is 6.92 Å². The summed E-state index contributed by atoms with van der Waals surface area (Å²) in [5, 5.41) is 13.4. The number of aryl methyl sites for hydroxylation is 1. The van der Waals surface area contributed by atoms with Crippen molar-refractivity contribution in [2.24, 2.45) is 0 Å². The number of fused-ring (bicyclic) bond motifs is 2. The molecule has 0 saturated carbocycles. The first-order valence-electron chi connectivity index (χ1n) is 21.9. The Morgan fingerprint density at radius 1 is 0.790 bits per heavy atom. The number of hydrogen-bond acceptors (Lipinski definition) is 9. The molecule has 1 heterocycles. The van der Waals surface area contributed by atoms with Gasteiger partial charge in [0, 0.05) is 78.7 Å². The highest BCUT2D eigenvalue weighted by Gasteiger charge is 2.23. The summed E-state index contributed by atoms with van der Waals surface area (Å²) >= 11 is 0. The van der Waals surface area contributed by atoms with Crippen LogP contribution in [0.1, 0.15) is 66.4 Å². The fraction of sp³-hybridized carbons (Fsp3) is 0.479. The molecule has 0 spiro atoms. The van der Waals surface area contributed by atoms with Crippen LogP contribution in [0.2, 0.25) is 0 Å². The molecule has 1 atom stereocenters. The van der Waals surface area contributed by atoms with Crippen molar-refractivity contribution in [2.75, 3.05) is 89.1 Å². The summed E-state index contributed by atoms with van der Waals surface area (Å²) in [7, 11) is 0. The largest absolute Gasteiger partial charge is 0.456 e. The van der Waals surface area contributed by atoms with Crippen molar-refractivity contribution in [3.63, 3.8) is 0 Å². The lowest BCUT2D eigenvalue weighted by Crippen LogP contribution is -2.43. The van der Waals surface area contributed by atoms with Gasteiger partial charge in [0.25, 0.3) is 0 Å². The molecule has 2 aromatic rings. The number of nitrogens with one attached hydrogen (secondary N) is 4. The van der Waals surface area contributed by atoms with E-state index in [4.69, 9.17) is 18.6 Å². The van der Waals surface area contributed by atoms with E-state index in [9.17, 15) is 19.2 Å². The Hall–Kier alpha value is -5.57. The topological polar surface area (TPSA) is 163 Å². The number of rotatable bonds is 26. The summed E-state index contributed by atoms with van der Waals surface area (Å²) in [6, 6.07) is 18.0. The van der Waals surface area contributed by atoms with Gasteiger partial charge < -0.3 is 44.8 Å². The molecule has 2 aromatic carbocycles. The van der Waals surface area contributed by atoms with Gasteiger partial charge in [-0.1, -0.05) is 12.6 Å². The Kier molecular flexibility index (Phi) is 20.1. The minimum atomic E-state index is -0.747. The molecule has 1 aliphatic heterocycles. The van der Waals surface area contributed by atoms with Crippen LogP contribution in [0.4, 0.5) is 11.4 Å². The highest BCUT2D eigenvalue weighted by atomic mass is 16.5. The Morgan fingerprint density at radius 2 is 1.48 bits per heavy atom. The van der Waals surface area contributed by atoms with Gasteiger partial charge in [0.2, 0.25) is 29.0 Å². The van der Waals surface area contributed by atoms with Crippen LogP contribution in [0.25, 0.3) is 33.4 Å². The molecule has 2 aliphatic rings. The van der Waals surface area contributed by atoms with Crippen LogP contribution in [0.3, 0.4) is 0 Å². The van der Waals surface area contributed by atoms with Crippen molar-refractivity contribution in [1.29, 1.82) is 0 Å². The minimum Gasteiger partial charge on any atom is -0.456 e. The van der Waals surface area contributed by atoms with Gasteiger partial charge in [-0.25, -0.2) is 4.58 Å². The van der Waals surface area contributed by atoms with E-state index in [1.807, 2.05) is 25.1 Å². The quantitative estimate of drug-likeness (QED) is 0.0271. The third-order valence-corrected chi connectivity index (χ3v) is 10.5. The Labute approximate surface area is 366 Å². The van der Waals surface area contributed by atoms with Crippen LogP contribution >= 0.6 is 0 Å². The second kappa shape index (κ2) is 25.4. The van der Waals surface area contributed by atoms with E-state index in [2.05, 4.69) is 101 Å². The molecule has 1 unspecified atom stereocenters. The summed E-state index contributed by atoms with van der Waals surface area (Å²) in [6.45, 7) is 23.2. The molecule has 62 heavy (non-hydrogen) atoms. The number of anilines is 2. The van der Waals surface area contributed by atoms with Gasteiger partial charge in [0.05, 0.1) is 39.1 Å². The minimum absolute atomic E-state index is 0.0986. The SMILES string of the molecule is C=C(C)C(=O)NCCOCCOCCOCC(=O)NCCCCC(NC(C)=O)C(=O)Nc1ccc(-c2c3ccc(=[N+](CC)CC)cc-3oc3cc(N(CC)CC)ccc23)c(C)c1. The molecule has 0 bridgehead atoms. The standard InChI is InChI=1S/C48H66N6O8/c1-9-53(10-2)37-17-20-40-43(30-37)62-44-31-38(54(11-3)12-4)18-21-41(44)46(40)39-19-16-36(29-34(39)7)52-48(58)42(51-35(8)55)15-13-14-22-49-45(56)32-61-28-27-60-26-25-59-24-23-50-47(57)33(5)6/h16-21,29-31,42H,5,9-15,22-28,32H2,1-4,6-8H3,(H3,49,50,51,55,56,57)/p+1. The van der Waals surface area contributed by atoms with Crippen molar-refractivity contribution in [3.05, 3.63) is 77.7 Å². The van der Waals surface area contributed by atoms with E-state index >= 15 is 0 Å². The summed E-state index contributed by atoms with van der Waals surface area (Å²) in [6.07, 6.45) is 1.61. The molecule has 1 aliphatic carbocycles. The van der Waals surface area contributed by atoms with Crippen molar-refractivity contribution in [1.82, 2.24) is 20.5 Å². The number of carbonyl (C=O) groups is 4. The van der Waals surface area contributed by atoms with Gasteiger partial charge in [0.15, 0.2) is 0 Å². The number of carbonyl (C=O) groups excluding carboxylic acids is 4. The van der Waals surface area contributed by atoms with Crippen molar-refractivity contribution in [2.45, 2.75) is 73.8 Å². The monoisotopic (exact) mass is 856 g/mol. The number of hydrogen-bond donors (Lipinski definition) is 4. The first-order chi connectivity index (χ1) is 29.9. The van der Waals surface area contributed by atoms with E-state index in [0.29, 0.717) is 70.0 Å². The Bertz CT molecular complexity index is 2170. The number of nitrogens with zero attached hydrogens (tertiary/aromatic N) is 2. The third-order valence-electron chi connectivity index (χ3n) is 10.5. The van der Waals surface area contributed by atoms with Crippen molar-refractivity contribution < 1.29 is 37.8 Å². The molecule has 4 rings (SSSR count). The van der Waals surface area contributed by atoms with Gasteiger partial charge >= 0.3 is 0 Å². The van der Waals surface area contributed by atoms with Gasteiger partial charge in [-0.15, -0.1) is 0 Å². The van der Waals surface area contributed by atoms with E-state index < -0.39 is 6.04 Å². The second-order valence-corrected chi connectivity index (χ2v) is 15.1. The van der Waals surface area contributed by atoms with Crippen molar-refractivity contribution >= 4 is 46.0 Å². The van der Waals surface area contributed by atoms with E-state index in [1.165, 1.54) is 6.92 Å². The Balaban J connectivity index is 1.32. The van der Waals surface area contributed by atoms with Gasteiger partial charge in [-0.05, 0) is 102 Å². The maximum absolute atomic E-state index is 13.6. The summed E-state index contributed by atoms with van der Waals surface area (Å²) < 4.78 is 25.2. The van der Waals surface area contributed by atoms with Crippen LogP contribution in [-0.2, 0) is 33.4 Å². The average Bonchev–Trinajstić information content (AvgIpc) is 3.25. The molecule has 0 fully saturated rings. The maximum atomic E-state index is 13.6. The van der Waals surface area contributed by atoms with Crippen LogP contribution in [0.15, 0.2) is 71.2 Å². The number of ether oxygens (including phenoxy) is 3. The average molecular weight is 856 g/mol. The maximum Gasteiger partial charge on any atom is 0.246 e. The number of unbranched alkanes of at least 4 members (excludes halogenated alkanes) is 1. The molecule has 336 valence electrons. The first kappa shape index (κ1) is 49.1. The van der Waals surface area contributed by atoms with Gasteiger partial charge in [0.1, 0.15) is 37.1 Å². The van der Waals surface area contributed by atoms with Crippen molar-refractivity contribution in [3.8, 4) is 22.5 Å². The molecule has 0 saturated heterocycles. The van der Waals surface area contributed by atoms with Crippen LogP contribution < -0.4 is 36.1 Å². The molecular formula is C48H67N6O8+. The van der Waals surface area contributed by atoms with Crippen LogP contribution in [0, 0.1) is 6.92 Å². The molecule has 14 heteroatoms.